The molecule has 4 rings (SSSR count). The zero-order chi connectivity index (χ0) is 24.5. The molecule has 2 aromatic rings. The van der Waals surface area contributed by atoms with Crippen LogP contribution in [0.5, 0.6) is 0 Å². The Bertz CT molecular complexity index is 1190. The molecule has 0 aromatic heterocycles. The van der Waals surface area contributed by atoms with Crippen LogP contribution < -0.4 is 10.2 Å². The van der Waals surface area contributed by atoms with Crippen LogP contribution in [-0.4, -0.2) is 14.1 Å². The Kier molecular flexibility index (Phi) is 6.82. The Balaban J connectivity index is 1.51. The predicted molar refractivity (Wildman–Crippen MR) is 149 cm³/mol. The third-order valence-corrected chi connectivity index (χ3v) is 7.97. The van der Waals surface area contributed by atoms with Gasteiger partial charge >= 0.3 is 0 Å². The molecule has 1 aliphatic heterocycles. The number of fused-ring (bicyclic) bond motifs is 1. The van der Waals surface area contributed by atoms with Gasteiger partial charge in [0.05, 0.1) is 0 Å². The molecule has 1 heterocycles. The van der Waals surface area contributed by atoms with E-state index in [2.05, 4.69) is 118 Å². The fourth-order valence-corrected chi connectivity index (χ4v) is 5.70. The molecule has 0 saturated heterocycles. The summed E-state index contributed by atoms with van der Waals surface area (Å²) in [6.45, 7) is 9.20. The highest BCUT2D eigenvalue weighted by Gasteiger charge is 2.37. The van der Waals surface area contributed by atoms with Crippen LogP contribution >= 0.6 is 11.6 Å². The zero-order valence-corrected chi connectivity index (χ0v) is 22.1. The van der Waals surface area contributed by atoms with Crippen molar-refractivity contribution in [3.63, 3.8) is 0 Å². The first-order chi connectivity index (χ1) is 16.2. The molecule has 0 bridgehead atoms. The minimum absolute atomic E-state index is 0.0187. The average molecular weight is 473 g/mol. The van der Waals surface area contributed by atoms with Gasteiger partial charge in [-0.15, -0.1) is 0 Å². The van der Waals surface area contributed by atoms with Crippen molar-refractivity contribution in [2.45, 2.75) is 57.8 Å². The van der Waals surface area contributed by atoms with E-state index in [9.17, 15) is 0 Å². The maximum atomic E-state index is 6.85. The van der Waals surface area contributed by atoms with Crippen molar-refractivity contribution < 1.29 is 0 Å². The van der Waals surface area contributed by atoms with E-state index in [1.165, 1.54) is 39.3 Å². The lowest BCUT2D eigenvalue weighted by Crippen LogP contribution is -2.22. The standard InChI is InChI=1S/C31H37ClN2/c1-30(2,24-13-7-9-15-26(24)33-5)21-11-12-22-17-18-23(29(22)32)19-20-28-31(3,4)25-14-8-10-16-27(25)34(28)6/h7-16,19-20,33H,17-18,21H2,1-6H3/b12-11+,23-19+,28-20-. The molecule has 178 valence electrons. The number of allylic oxidation sites excluding steroid dienone is 8. The first-order valence-electron chi connectivity index (χ1n) is 12.2. The number of hydrogen-bond donors (Lipinski definition) is 1. The summed E-state index contributed by atoms with van der Waals surface area (Å²) in [5.41, 5.74) is 9.00. The monoisotopic (exact) mass is 472 g/mol. The molecular weight excluding hydrogens is 436 g/mol. The molecule has 3 heteroatoms. The van der Waals surface area contributed by atoms with Crippen molar-refractivity contribution in [3.8, 4) is 0 Å². The average Bonchev–Trinajstić information content (AvgIpc) is 3.26. The summed E-state index contributed by atoms with van der Waals surface area (Å²) in [6, 6.07) is 17.2. The Hall–Kier alpha value is -2.71. The van der Waals surface area contributed by atoms with Crippen LogP contribution in [0, 0.1) is 0 Å². The summed E-state index contributed by atoms with van der Waals surface area (Å²) >= 11 is 6.85. The van der Waals surface area contributed by atoms with Crippen molar-refractivity contribution in [1.29, 1.82) is 0 Å². The minimum atomic E-state index is -0.0187. The predicted octanol–water partition coefficient (Wildman–Crippen LogP) is 8.48. The fraction of sp³-hybridized carbons (Fsp3) is 0.355. The maximum Gasteiger partial charge on any atom is 0.0470 e. The lowest BCUT2D eigenvalue weighted by Gasteiger charge is -2.26. The van der Waals surface area contributed by atoms with Crippen LogP contribution in [0.25, 0.3) is 0 Å². The van der Waals surface area contributed by atoms with Gasteiger partial charge in [0.15, 0.2) is 0 Å². The van der Waals surface area contributed by atoms with E-state index < -0.39 is 0 Å². The van der Waals surface area contributed by atoms with E-state index in [0.29, 0.717) is 0 Å². The fourth-order valence-electron chi connectivity index (χ4n) is 5.39. The quantitative estimate of drug-likeness (QED) is 0.453. The van der Waals surface area contributed by atoms with Crippen LogP contribution in [0.2, 0.25) is 0 Å². The van der Waals surface area contributed by atoms with Gasteiger partial charge in [0.2, 0.25) is 0 Å². The highest BCUT2D eigenvalue weighted by molar-refractivity contribution is 6.33. The summed E-state index contributed by atoms with van der Waals surface area (Å²) in [5, 5.41) is 4.24. The number of nitrogens with zero attached hydrogens (tertiary/aromatic N) is 1. The number of halogens is 1. The molecule has 0 atom stereocenters. The lowest BCUT2D eigenvalue weighted by atomic mass is 9.80. The van der Waals surface area contributed by atoms with Gasteiger partial charge in [-0.2, -0.15) is 0 Å². The molecule has 34 heavy (non-hydrogen) atoms. The van der Waals surface area contributed by atoms with E-state index in [-0.39, 0.29) is 10.8 Å². The van der Waals surface area contributed by atoms with Crippen molar-refractivity contribution in [3.05, 3.63) is 106 Å². The number of nitrogens with one attached hydrogen (secondary N) is 1. The summed E-state index contributed by atoms with van der Waals surface area (Å²) in [6.07, 6.45) is 12.0. The molecule has 0 saturated carbocycles. The van der Waals surface area contributed by atoms with Crippen molar-refractivity contribution >= 4 is 23.0 Å². The number of likely N-dealkylation sites (N-methyl/N-ethyl adjacent to an activating group) is 1. The second-order valence-electron chi connectivity index (χ2n) is 10.6. The highest BCUT2D eigenvalue weighted by atomic mass is 35.5. The summed E-state index contributed by atoms with van der Waals surface area (Å²) in [7, 11) is 4.15. The van der Waals surface area contributed by atoms with Crippen LogP contribution in [0.1, 0.15) is 58.1 Å². The number of benzene rings is 2. The third-order valence-electron chi connectivity index (χ3n) is 7.48. The molecule has 0 amide bonds. The van der Waals surface area contributed by atoms with Crippen LogP contribution in [-0.2, 0) is 10.8 Å². The number of hydrogen-bond acceptors (Lipinski definition) is 2. The SMILES string of the molecule is CNc1ccccc1C(C)(C)C/C=C/C1=C(Cl)C(=C/C=C2\N(C)c3ccccc3C2(C)C)/CC1. The van der Waals surface area contributed by atoms with E-state index >= 15 is 0 Å². The second-order valence-corrected chi connectivity index (χ2v) is 10.9. The van der Waals surface area contributed by atoms with Crippen molar-refractivity contribution in [2.75, 3.05) is 24.3 Å². The smallest absolute Gasteiger partial charge is 0.0470 e. The Morgan fingerprint density at radius 3 is 2.47 bits per heavy atom. The largest absolute Gasteiger partial charge is 0.388 e. The first kappa shape index (κ1) is 24.4. The van der Waals surface area contributed by atoms with Gasteiger partial charge in [0.25, 0.3) is 0 Å². The number of rotatable bonds is 6. The van der Waals surface area contributed by atoms with Crippen LogP contribution in [0.3, 0.4) is 0 Å². The number of para-hydroxylation sites is 2. The second kappa shape index (κ2) is 9.50. The van der Waals surface area contributed by atoms with Gasteiger partial charge in [0.1, 0.15) is 0 Å². The Morgan fingerprint density at radius 1 is 1.03 bits per heavy atom. The lowest BCUT2D eigenvalue weighted by molar-refractivity contribution is 0.535. The van der Waals surface area contributed by atoms with Gasteiger partial charge < -0.3 is 10.2 Å². The van der Waals surface area contributed by atoms with E-state index in [4.69, 9.17) is 11.6 Å². The van der Waals surface area contributed by atoms with Gasteiger partial charge in [-0.1, -0.05) is 93.9 Å². The Morgan fingerprint density at radius 2 is 1.74 bits per heavy atom. The summed E-state index contributed by atoms with van der Waals surface area (Å²) < 4.78 is 0. The topological polar surface area (TPSA) is 15.3 Å². The summed E-state index contributed by atoms with van der Waals surface area (Å²) in [5.74, 6) is 0. The first-order valence-corrected chi connectivity index (χ1v) is 12.6. The van der Waals surface area contributed by atoms with Gasteiger partial charge in [-0.05, 0) is 65.2 Å². The van der Waals surface area contributed by atoms with Gasteiger partial charge in [0, 0.05) is 41.6 Å². The molecule has 0 spiro atoms. The van der Waals surface area contributed by atoms with Crippen LogP contribution in [0.15, 0.2) is 94.7 Å². The highest BCUT2D eigenvalue weighted by Crippen LogP contribution is 2.47. The van der Waals surface area contributed by atoms with E-state index in [0.717, 1.165) is 24.3 Å². The van der Waals surface area contributed by atoms with Crippen LogP contribution in [0.4, 0.5) is 11.4 Å². The zero-order valence-electron chi connectivity index (χ0n) is 21.4. The minimum Gasteiger partial charge on any atom is -0.388 e. The number of anilines is 2. The molecule has 2 aliphatic rings. The Labute approximate surface area is 210 Å². The molecule has 0 fully saturated rings. The van der Waals surface area contributed by atoms with Gasteiger partial charge in [-0.3, -0.25) is 0 Å². The molecule has 0 radical (unpaired) electrons. The third kappa shape index (κ3) is 4.49. The van der Waals surface area contributed by atoms with Gasteiger partial charge in [-0.25, -0.2) is 0 Å². The van der Waals surface area contributed by atoms with Crippen molar-refractivity contribution in [1.82, 2.24) is 0 Å². The maximum absolute atomic E-state index is 6.85. The van der Waals surface area contributed by atoms with E-state index in [1.54, 1.807) is 0 Å². The molecule has 2 nitrogen and oxygen atoms in total. The molecule has 1 aliphatic carbocycles. The summed E-state index contributed by atoms with van der Waals surface area (Å²) in [4.78, 5) is 2.31. The normalized spacial score (nSPS) is 20.1. The molecule has 0 unspecified atom stereocenters. The van der Waals surface area contributed by atoms with Crippen molar-refractivity contribution in [2.24, 2.45) is 0 Å². The molecule has 1 N–H and O–H groups in total. The molecular formula is C31H37ClN2. The van der Waals surface area contributed by atoms with E-state index in [1.807, 2.05) is 7.05 Å². The molecule has 2 aromatic carbocycles.